The normalized spacial score (nSPS) is 16.9. The number of aryl methyl sites for hydroxylation is 1. The summed E-state index contributed by atoms with van der Waals surface area (Å²) in [6, 6.07) is 0.197. The van der Waals surface area contributed by atoms with Crippen LogP contribution >= 0.6 is 0 Å². The Balaban J connectivity index is 1.70. The molecule has 1 aliphatic rings. The molecule has 1 aromatic rings. The molecule has 1 N–H and O–H groups in total. The summed E-state index contributed by atoms with van der Waals surface area (Å²) < 4.78 is 5.32. The minimum atomic E-state index is 0.103. The van der Waals surface area contributed by atoms with Gasteiger partial charge in [0.2, 0.25) is 11.8 Å². The summed E-state index contributed by atoms with van der Waals surface area (Å²) in [6.45, 7) is 10.9. The molecule has 7 nitrogen and oxygen atoms in total. The number of carbonyl (C=O) groups excluding carboxylic acids is 1. The van der Waals surface area contributed by atoms with Crippen molar-refractivity contribution in [1.29, 1.82) is 0 Å². The van der Waals surface area contributed by atoms with Crippen molar-refractivity contribution in [2.75, 3.05) is 32.7 Å². The maximum atomic E-state index is 11.8. The van der Waals surface area contributed by atoms with Gasteiger partial charge in [-0.15, -0.1) is 0 Å². The first-order chi connectivity index (χ1) is 11.1. The third-order valence-electron chi connectivity index (χ3n) is 3.90. The van der Waals surface area contributed by atoms with Gasteiger partial charge in [0, 0.05) is 38.6 Å². The first-order valence-corrected chi connectivity index (χ1v) is 8.62. The third-order valence-corrected chi connectivity index (χ3v) is 3.90. The molecule has 1 saturated heterocycles. The molecule has 0 spiro atoms. The molecule has 130 valence electrons. The summed E-state index contributed by atoms with van der Waals surface area (Å²) in [5.74, 6) is 1.61. The van der Waals surface area contributed by atoms with Gasteiger partial charge in [0.05, 0.1) is 13.1 Å². The number of piperazine rings is 1. The zero-order valence-corrected chi connectivity index (χ0v) is 14.5. The summed E-state index contributed by atoms with van der Waals surface area (Å²) in [7, 11) is 0. The highest BCUT2D eigenvalue weighted by Gasteiger charge is 2.20. The van der Waals surface area contributed by atoms with Crippen molar-refractivity contribution in [2.45, 2.75) is 52.6 Å². The highest BCUT2D eigenvalue weighted by atomic mass is 16.5. The molecule has 0 aromatic carbocycles. The van der Waals surface area contributed by atoms with Crippen molar-refractivity contribution >= 4 is 5.91 Å². The molecule has 23 heavy (non-hydrogen) atoms. The summed E-state index contributed by atoms with van der Waals surface area (Å²) in [5, 5.41) is 6.96. The fourth-order valence-electron chi connectivity index (χ4n) is 2.66. The first-order valence-electron chi connectivity index (χ1n) is 8.62. The SMILES string of the molecule is CCCCc1noc(CN2CCN(CC(=O)NC(C)C)CC2)n1. The average molecular weight is 323 g/mol. The van der Waals surface area contributed by atoms with Gasteiger partial charge in [-0.25, -0.2) is 0 Å². The summed E-state index contributed by atoms with van der Waals surface area (Å²) in [4.78, 5) is 20.7. The number of hydrogen-bond donors (Lipinski definition) is 1. The lowest BCUT2D eigenvalue weighted by atomic mass is 10.2. The molecule has 0 radical (unpaired) electrons. The number of nitrogens with one attached hydrogen (secondary N) is 1. The Morgan fingerprint density at radius 3 is 2.61 bits per heavy atom. The molecule has 2 heterocycles. The quantitative estimate of drug-likeness (QED) is 0.771. The monoisotopic (exact) mass is 323 g/mol. The van der Waals surface area contributed by atoms with E-state index in [2.05, 4.69) is 32.2 Å². The number of aromatic nitrogens is 2. The van der Waals surface area contributed by atoms with Gasteiger partial charge >= 0.3 is 0 Å². The molecule has 0 unspecified atom stereocenters. The molecular weight excluding hydrogens is 294 g/mol. The smallest absolute Gasteiger partial charge is 0.240 e. The first kappa shape index (κ1) is 17.9. The van der Waals surface area contributed by atoms with Crippen LogP contribution in [0, 0.1) is 0 Å². The van der Waals surface area contributed by atoms with E-state index >= 15 is 0 Å². The molecule has 0 atom stereocenters. The Kier molecular flexibility index (Phi) is 6.98. The van der Waals surface area contributed by atoms with Crippen molar-refractivity contribution in [1.82, 2.24) is 25.3 Å². The zero-order chi connectivity index (χ0) is 16.7. The van der Waals surface area contributed by atoms with Crippen LogP contribution in [0.5, 0.6) is 0 Å². The van der Waals surface area contributed by atoms with Crippen molar-refractivity contribution in [2.24, 2.45) is 0 Å². The second kappa shape index (κ2) is 8.98. The summed E-state index contributed by atoms with van der Waals surface area (Å²) in [6.07, 6.45) is 3.12. The van der Waals surface area contributed by atoms with Crippen molar-refractivity contribution in [3.8, 4) is 0 Å². The Labute approximate surface area is 138 Å². The van der Waals surface area contributed by atoms with Gasteiger partial charge in [0.1, 0.15) is 0 Å². The van der Waals surface area contributed by atoms with E-state index < -0.39 is 0 Å². The molecule has 1 amide bonds. The molecule has 2 rings (SSSR count). The minimum Gasteiger partial charge on any atom is -0.353 e. The molecule has 0 aliphatic carbocycles. The maximum Gasteiger partial charge on any atom is 0.240 e. The standard InChI is InChI=1S/C16H29N5O2/c1-4-5-6-14-18-16(23-19-14)12-21-9-7-20(8-10-21)11-15(22)17-13(2)3/h13H,4-12H2,1-3H3,(H,17,22). The van der Waals surface area contributed by atoms with Crippen LogP contribution in [-0.2, 0) is 17.8 Å². The zero-order valence-electron chi connectivity index (χ0n) is 14.5. The van der Waals surface area contributed by atoms with E-state index in [1.807, 2.05) is 13.8 Å². The van der Waals surface area contributed by atoms with Crippen LogP contribution in [0.1, 0.15) is 45.3 Å². The number of carbonyl (C=O) groups is 1. The summed E-state index contributed by atoms with van der Waals surface area (Å²) >= 11 is 0. The molecule has 1 aromatic heterocycles. The van der Waals surface area contributed by atoms with E-state index in [1.54, 1.807) is 0 Å². The van der Waals surface area contributed by atoms with Gasteiger partial charge in [-0.3, -0.25) is 14.6 Å². The van der Waals surface area contributed by atoms with Gasteiger partial charge in [-0.05, 0) is 20.3 Å². The van der Waals surface area contributed by atoms with Crippen molar-refractivity contribution < 1.29 is 9.32 Å². The highest BCUT2D eigenvalue weighted by molar-refractivity contribution is 5.78. The van der Waals surface area contributed by atoms with Crippen molar-refractivity contribution in [3.63, 3.8) is 0 Å². The highest BCUT2D eigenvalue weighted by Crippen LogP contribution is 2.08. The molecule has 7 heteroatoms. The van der Waals surface area contributed by atoms with Crippen LogP contribution in [0.3, 0.4) is 0 Å². The third kappa shape index (κ3) is 6.27. The number of unbranched alkanes of at least 4 members (excludes halogenated alkanes) is 1. The number of hydrogen-bond acceptors (Lipinski definition) is 6. The number of amides is 1. The van der Waals surface area contributed by atoms with Crippen LogP contribution in [0.2, 0.25) is 0 Å². The lowest BCUT2D eigenvalue weighted by molar-refractivity contribution is -0.123. The topological polar surface area (TPSA) is 74.5 Å². The summed E-state index contributed by atoms with van der Waals surface area (Å²) in [5.41, 5.74) is 0. The number of nitrogens with zero attached hydrogens (tertiary/aromatic N) is 4. The van der Waals surface area contributed by atoms with E-state index in [9.17, 15) is 4.79 Å². The van der Waals surface area contributed by atoms with Crippen LogP contribution in [0.15, 0.2) is 4.52 Å². The maximum absolute atomic E-state index is 11.8. The van der Waals surface area contributed by atoms with E-state index in [-0.39, 0.29) is 11.9 Å². The van der Waals surface area contributed by atoms with Gasteiger partial charge in [0.15, 0.2) is 5.82 Å². The molecule has 0 bridgehead atoms. The van der Waals surface area contributed by atoms with Gasteiger partial charge in [-0.2, -0.15) is 4.98 Å². The molecule has 1 fully saturated rings. The Morgan fingerprint density at radius 2 is 1.96 bits per heavy atom. The lowest BCUT2D eigenvalue weighted by Gasteiger charge is -2.33. The van der Waals surface area contributed by atoms with E-state index in [4.69, 9.17) is 4.52 Å². The second-order valence-corrected chi connectivity index (χ2v) is 6.48. The Bertz CT molecular complexity index is 481. The Hall–Kier alpha value is -1.47. The molecule has 1 aliphatic heterocycles. The fraction of sp³-hybridized carbons (Fsp3) is 0.812. The fourth-order valence-corrected chi connectivity index (χ4v) is 2.66. The van der Waals surface area contributed by atoms with Crippen LogP contribution in [-0.4, -0.2) is 64.6 Å². The van der Waals surface area contributed by atoms with Gasteiger partial charge in [-0.1, -0.05) is 18.5 Å². The number of rotatable bonds is 8. The molecular formula is C16H29N5O2. The van der Waals surface area contributed by atoms with Gasteiger partial charge < -0.3 is 9.84 Å². The predicted molar refractivity (Wildman–Crippen MR) is 87.9 cm³/mol. The second-order valence-electron chi connectivity index (χ2n) is 6.48. The average Bonchev–Trinajstić information content (AvgIpc) is 2.94. The van der Waals surface area contributed by atoms with E-state index in [0.717, 1.165) is 51.3 Å². The van der Waals surface area contributed by atoms with Gasteiger partial charge in [0.25, 0.3) is 0 Å². The molecule has 0 saturated carbocycles. The van der Waals surface area contributed by atoms with Crippen LogP contribution < -0.4 is 5.32 Å². The minimum absolute atomic E-state index is 0.103. The van der Waals surface area contributed by atoms with Crippen molar-refractivity contribution in [3.05, 3.63) is 11.7 Å². The lowest BCUT2D eigenvalue weighted by Crippen LogP contribution is -2.49. The van der Waals surface area contributed by atoms with E-state index in [0.29, 0.717) is 19.0 Å². The largest absolute Gasteiger partial charge is 0.353 e. The van der Waals surface area contributed by atoms with E-state index in [1.165, 1.54) is 0 Å². The van der Waals surface area contributed by atoms with Crippen LogP contribution in [0.25, 0.3) is 0 Å². The van der Waals surface area contributed by atoms with Crippen LogP contribution in [0.4, 0.5) is 0 Å². The Morgan fingerprint density at radius 1 is 1.26 bits per heavy atom. The predicted octanol–water partition coefficient (Wildman–Crippen LogP) is 1.05.